The van der Waals surface area contributed by atoms with Crippen LogP contribution in [0.5, 0.6) is 5.75 Å². The van der Waals surface area contributed by atoms with Crippen LogP contribution < -0.4 is 10.2 Å². The number of carbonyl (C=O) groups excluding carboxylic acids is 1. The minimum absolute atomic E-state index is 0.0634. The van der Waals surface area contributed by atoms with Crippen molar-refractivity contribution >= 4 is 41.8 Å². The number of halogens is 2. The zero-order chi connectivity index (χ0) is 17.1. The minimum Gasteiger partial charge on any atom is -0.490 e. The van der Waals surface area contributed by atoms with Gasteiger partial charge < -0.3 is 19.2 Å². The smallest absolute Gasteiger partial charge is 0.490 e. The lowest BCUT2D eigenvalue weighted by molar-refractivity contribution is 0.0450. The first-order valence-corrected chi connectivity index (χ1v) is 7.97. The second kappa shape index (κ2) is 7.44. The molecule has 0 atom stereocenters. The first-order chi connectivity index (χ1) is 11.5. The highest BCUT2D eigenvalue weighted by atomic mass is 35.5. The first kappa shape index (κ1) is 17.1. The Morgan fingerprint density at radius 1 is 1.21 bits per heavy atom. The van der Waals surface area contributed by atoms with Crippen molar-refractivity contribution in [1.82, 2.24) is 0 Å². The van der Waals surface area contributed by atoms with E-state index in [0.29, 0.717) is 16.2 Å². The summed E-state index contributed by atoms with van der Waals surface area (Å²) in [5.74, 6) is 0.0490. The van der Waals surface area contributed by atoms with Gasteiger partial charge >= 0.3 is 13.1 Å². The minimum atomic E-state index is -1.04. The fourth-order valence-electron chi connectivity index (χ4n) is 2.30. The molecule has 0 radical (unpaired) electrons. The molecule has 0 unspecified atom stereocenters. The number of hydrogen-bond donors (Lipinski definition) is 1. The number of carbonyl (C=O) groups is 1. The molecule has 0 fully saturated rings. The highest BCUT2D eigenvalue weighted by Gasteiger charge is 2.29. The van der Waals surface area contributed by atoms with Crippen LogP contribution in [0.2, 0.25) is 10.0 Å². The highest BCUT2D eigenvalue weighted by molar-refractivity contribution is 6.61. The molecule has 0 aliphatic carbocycles. The van der Waals surface area contributed by atoms with E-state index in [4.69, 9.17) is 37.3 Å². The molecule has 5 nitrogen and oxygen atoms in total. The normalized spacial score (nSPS) is 12.9. The van der Waals surface area contributed by atoms with Crippen molar-refractivity contribution in [2.24, 2.45) is 0 Å². The number of rotatable bonds is 5. The van der Waals surface area contributed by atoms with Crippen LogP contribution in [0.3, 0.4) is 0 Å². The molecule has 3 rings (SSSR count). The molecule has 1 aliphatic rings. The lowest BCUT2D eigenvalue weighted by Gasteiger charge is -2.09. The van der Waals surface area contributed by atoms with Crippen LogP contribution in [-0.4, -0.2) is 31.3 Å². The summed E-state index contributed by atoms with van der Waals surface area (Å²) in [4.78, 5) is 12.1. The van der Waals surface area contributed by atoms with Crippen LogP contribution in [0.4, 0.5) is 0 Å². The number of fused-ring (bicyclic) bond motifs is 1. The molecule has 0 amide bonds. The quantitative estimate of drug-likeness (QED) is 0.500. The second-order valence-corrected chi connectivity index (χ2v) is 5.98. The standard InChI is InChI=1S/C16H13BCl2O5/c18-11-1-3-12(4-2-11)22-5-6-23-16(20)13-8-14-10(7-15(13)19)9-24-17(14)21/h1-4,7-8,21H,5-6,9H2. The zero-order valence-electron chi connectivity index (χ0n) is 12.5. The predicted molar refractivity (Wildman–Crippen MR) is 91.1 cm³/mol. The van der Waals surface area contributed by atoms with E-state index < -0.39 is 13.1 Å². The Kier molecular flexibility index (Phi) is 5.31. The summed E-state index contributed by atoms with van der Waals surface area (Å²) in [6, 6.07) is 9.97. The Hall–Kier alpha value is -1.73. The Bertz CT molecular complexity index is 751. The van der Waals surface area contributed by atoms with Crippen LogP contribution in [0.1, 0.15) is 15.9 Å². The van der Waals surface area contributed by atoms with Gasteiger partial charge in [0, 0.05) is 5.02 Å². The fraction of sp³-hybridized carbons (Fsp3) is 0.188. The van der Waals surface area contributed by atoms with E-state index in [1.54, 1.807) is 30.3 Å². The van der Waals surface area contributed by atoms with E-state index in [9.17, 15) is 9.82 Å². The van der Waals surface area contributed by atoms with Crippen LogP contribution in [0.15, 0.2) is 36.4 Å². The Morgan fingerprint density at radius 2 is 1.96 bits per heavy atom. The molecule has 1 heterocycles. The molecule has 0 aromatic heterocycles. The lowest BCUT2D eigenvalue weighted by atomic mass is 9.79. The molecule has 2 aromatic carbocycles. The fourth-order valence-corrected chi connectivity index (χ4v) is 2.69. The summed E-state index contributed by atoms with van der Waals surface area (Å²) in [6.45, 7) is 0.524. The molecule has 0 bridgehead atoms. The van der Waals surface area contributed by atoms with Crippen LogP contribution in [0.25, 0.3) is 0 Å². The van der Waals surface area contributed by atoms with Crippen LogP contribution in [-0.2, 0) is 16.0 Å². The molecule has 1 aliphatic heterocycles. The predicted octanol–water partition coefficient (Wildman–Crippen LogP) is 2.45. The van der Waals surface area contributed by atoms with E-state index in [-0.39, 0.29) is 30.4 Å². The van der Waals surface area contributed by atoms with Gasteiger partial charge in [0.2, 0.25) is 0 Å². The third-order valence-electron chi connectivity index (χ3n) is 3.51. The summed E-state index contributed by atoms with van der Waals surface area (Å²) < 4.78 is 15.7. The topological polar surface area (TPSA) is 65.0 Å². The van der Waals surface area contributed by atoms with Gasteiger partial charge in [0.05, 0.1) is 17.2 Å². The lowest BCUT2D eigenvalue weighted by Crippen LogP contribution is -2.29. The SMILES string of the molecule is O=C(OCCOc1ccc(Cl)cc1)c1cc2c(cc1Cl)COB2O. The van der Waals surface area contributed by atoms with Crippen molar-refractivity contribution in [2.45, 2.75) is 6.61 Å². The van der Waals surface area contributed by atoms with Gasteiger partial charge in [-0.05, 0) is 47.4 Å². The third kappa shape index (κ3) is 3.84. The molecule has 2 aromatic rings. The summed E-state index contributed by atoms with van der Waals surface area (Å²) >= 11 is 11.9. The van der Waals surface area contributed by atoms with Crippen molar-refractivity contribution in [3.05, 3.63) is 57.6 Å². The van der Waals surface area contributed by atoms with E-state index in [1.807, 2.05) is 0 Å². The van der Waals surface area contributed by atoms with Gasteiger partial charge in [-0.3, -0.25) is 0 Å². The maximum Gasteiger partial charge on any atom is 0.491 e. The van der Waals surface area contributed by atoms with E-state index >= 15 is 0 Å². The zero-order valence-corrected chi connectivity index (χ0v) is 14.0. The average molecular weight is 367 g/mol. The first-order valence-electron chi connectivity index (χ1n) is 7.22. The molecule has 8 heteroatoms. The largest absolute Gasteiger partial charge is 0.491 e. The van der Waals surface area contributed by atoms with Gasteiger partial charge in [0.15, 0.2) is 0 Å². The monoisotopic (exact) mass is 366 g/mol. The van der Waals surface area contributed by atoms with Gasteiger partial charge in [0.25, 0.3) is 0 Å². The van der Waals surface area contributed by atoms with Crippen molar-refractivity contribution < 1.29 is 23.9 Å². The number of hydrogen-bond acceptors (Lipinski definition) is 5. The summed E-state index contributed by atoms with van der Waals surface area (Å²) in [6.07, 6.45) is 0. The maximum atomic E-state index is 12.1. The molecule has 0 spiro atoms. The summed E-state index contributed by atoms with van der Waals surface area (Å²) in [5, 5.41) is 10.6. The van der Waals surface area contributed by atoms with Gasteiger partial charge in [-0.15, -0.1) is 0 Å². The van der Waals surface area contributed by atoms with E-state index in [1.165, 1.54) is 6.07 Å². The molecule has 24 heavy (non-hydrogen) atoms. The Morgan fingerprint density at radius 3 is 2.71 bits per heavy atom. The maximum absolute atomic E-state index is 12.1. The molecule has 0 saturated carbocycles. The van der Waals surface area contributed by atoms with Crippen molar-refractivity contribution in [2.75, 3.05) is 13.2 Å². The Balaban J connectivity index is 1.55. The van der Waals surface area contributed by atoms with Gasteiger partial charge in [0.1, 0.15) is 19.0 Å². The third-order valence-corrected chi connectivity index (χ3v) is 4.08. The van der Waals surface area contributed by atoms with Crippen molar-refractivity contribution in [3.63, 3.8) is 0 Å². The van der Waals surface area contributed by atoms with Crippen LogP contribution in [0, 0.1) is 0 Å². The summed E-state index contributed by atoms with van der Waals surface area (Å²) in [5.41, 5.74) is 1.48. The number of benzene rings is 2. The molecule has 124 valence electrons. The van der Waals surface area contributed by atoms with Gasteiger partial charge in [-0.1, -0.05) is 23.2 Å². The van der Waals surface area contributed by atoms with Crippen molar-refractivity contribution in [3.8, 4) is 5.75 Å². The van der Waals surface area contributed by atoms with Crippen LogP contribution >= 0.6 is 23.2 Å². The molecular weight excluding hydrogens is 354 g/mol. The second-order valence-electron chi connectivity index (χ2n) is 5.13. The highest BCUT2D eigenvalue weighted by Crippen LogP contribution is 2.21. The molecular formula is C16H13BCl2O5. The number of esters is 1. The van der Waals surface area contributed by atoms with Crippen molar-refractivity contribution in [1.29, 1.82) is 0 Å². The summed E-state index contributed by atoms with van der Waals surface area (Å²) in [7, 11) is -1.04. The average Bonchev–Trinajstić information content (AvgIpc) is 2.92. The molecule has 1 N–H and O–H groups in total. The van der Waals surface area contributed by atoms with Gasteiger partial charge in [-0.25, -0.2) is 4.79 Å². The Labute approximate surface area is 149 Å². The number of ether oxygens (including phenoxy) is 2. The van der Waals surface area contributed by atoms with E-state index in [0.717, 1.165) is 5.56 Å². The molecule has 0 saturated heterocycles. The van der Waals surface area contributed by atoms with Gasteiger partial charge in [-0.2, -0.15) is 0 Å². The van der Waals surface area contributed by atoms with E-state index in [2.05, 4.69) is 0 Å².